The largest absolute Gasteiger partial charge is 0.280 e. The summed E-state index contributed by atoms with van der Waals surface area (Å²) in [4.78, 5) is 0.331. The van der Waals surface area contributed by atoms with Crippen molar-refractivity contribution in [2.24, 2.45) is 0 Å². The molecule has 2 aromatic rings. The standard InChI is InChI=1S/C17H20N2O4S2/c20-24(21,16-7-3-1-4-8-16)18-15-9-11-17(12-10-15)25(22,23)19-13-5-2-6-14-19/h1,3-4,7-12,18H,2,5-6,13-14H2. The summed E-state index contributed by atoms with van der Waals surface area (Å²) in [5.74, 6) is 0. The lowest BCUT2D eigenvalue weighted by molar-refractivity contribution is 0.346. The second-order valence-corrected chi connectivity index (χ2v) is 9.53. The first-order chi connectivity index (χ1) is 11.9. The van der Waals surface area contributed by atoms with E-state index in [1.54, 1.807) is 18.2 Å². The average Bonchev–Trinajstić information content (AvgIpc) is 2.63. The molecule has 0 spiro atoms. The average molecular weight is 380 g/mol. The predicted molar refractivity (Wildman–Crippen MR) is 96.3 cm³/mol. The van der Waals surface area contributed by atoms with Gasteiger partial charge < -0.3 is 0 Å². The molecule has 1 fully saturated rings. The first-order valence-corrected chi connectivity index (χ1v) is 11.0. The zero-order chi connectivity index (χ0) is 17.9. The number of rotatable bonds is 5. The van der Waals surface area contributed by atoms with E-state index in [4.69, 9.17) is 0 Å². The summed E-state index contributed by atoms with van der Waals surface area (Å²) in [6, 6.07) is 13.8. The first kappa shape index (κ1) is 17.9. The molecule has 1 saturated heterocycles. The van der Waals surface area contributed by atoms with Gasteiger partial charge in [-0.25, -0.2) is 16.8 Å². The number of piperidine rings is 1. The topological polar surface area (TPSA) is 83.5 Å². The molecule has 1 N–H and O–H groups in total. The summed E-state index contributed by atoms with van der Waals surface area (Å²) in [7, 11) is -7.21. The summed E-state index contributed by atoms with van der Waals surface area (Å²) in [5.41, 5.74) is 0.321. The molecule has 0 atom stereocenters. The Morgan fingerprint density at radius 2 is 1.32 bits per heavy atom. The molecule has 8 heteroatoms. The third-order valence-electron chi connectivity index (χ3n) is 4.11. The maximum absolute atomic E-state index is 12.6. The number of hydrogen-bond acceptors (Lipinski definition) is 4. The molecule has 1 aliphatic rings. The second-order valence-electron chi connectivity index (χ2n) is 5.91. The fourth-order valence-electron chi connectivity index (χ4n) is 2.76. The molecule has 0 amide bonds. The molecule has 3 rings (SSSR count). The lowest BCUT2D eigenvalue weighted by Crippen LogP contribution is -2.35. The van der Waals surface area contributed by atoms with Gasteiger partial charge in [0.05, 0.1) is 9.79 Å². The Morgan fingerprint density at radius 1 is 0.720 bits per heavy atom. The molecule has 0 aliphatic carbocycles. The Balaban J connectivity index is 1.78. The number of nitrogens with one attached hydrogen (secondary N) is 1. The highest BCUT2D eigenvalue weighted by Crippen LogP contribution is 2.23. The summed E-state index contributed by atoms with van der Waals surface area (Å²) < 4.78 is 53.7. The Bertz CT molecular complexity index is 918. The van der Waals surface area contributed by atoms with E-state index in [2.05, 4.69) is 4.72 Å². The van der Waals surface area contributed by atoms with Crippen molar-refractivity contribution in [2.75, 3.05) is 17.8 Å². The minimum Gasteiger partial charge on any atom is -0.280 e. The number of hydrogen-bond donors (Lipinski definition) is 1. The van der Waals surface area contributed by atoms with E-state index in [1.807, 2.05) is 0 Å². The predicted octanol–water partition coefficient (Wildman–Crippen LogP) is 2.66. The molecule has 1 aliphatic heterocycles. The summed E-state index contributed by atoms with van der Waals surface area (Å²) in [6.07, 6.45) is 2.79. The van der Waals surface area contributed by atoms with Crippen LogP contribution >= 0.6 is 0 Å². The Kier molecular flexibility index (Phi) is 5.12. The van der Waals surface area contributed by atoms with Gasteiger partial charge in [0, 0.05) is 18.8 Å². The van der Waals surface area contributed by atoms with Gasteiger partial charge in [0.25, 0.3) is 10.0 Å². The van der Waals surface area contributed by atoms with E-state index < -0.39 is 20.0 Å². The van der Waals surface area contributed by atoms with Gasteiger partial charge in [-0.3, -0.25) is 4.72 Å². The Morgan fingerprint density at radius 3 is 1.92 bits per heavy atom. The highest BCUT2D eigenvalue weighted by atomic mass is 32.2. The summed E-state index contributed by atoms with van der Waals surface area (Å²) in [6.45, 7) is 1.06. The lowest BCUT2D eigenvalue weighted by atomic mass is 10.2. The van der Waals surface area contributed by atoms with Crippen LogP contribution < -0.4 is 4.72 Å². The van der Waals surface area contributed by atoms with Crippen molar-refractivity contribution in [3.8, 4) is 0 Å². The highest BCUT2D eigenvalue weighted by molar-refractivity contribution is 7.92. The van der Waals surface area contributed by atoms with Crippen LogP contribution in [0.1, 0.15) is 19.3 Å². The van der Waals surface area contributed by atoms with Gasteiger partial charge in [-0.05, 0) is 49.2 Å². The van der Waals surface area contributed by atoms with E-state index in [0.29, 0.717) is 18.8 Å². The minimum absolute atomic E-state index is 0.153. The lowest BCUT2D eigenvalue weighted by Gasteiger charge is -2.25. The SMILES string of the molecule is O=S(=O)(Nc1ccc(S(=O)(=O)N2CCCCC2)cc1)c1ccccc1. The number of nitrogens with zero attached hydrogens (tertiary/aromatic N) is 1. The monoisotopic (exact) mass is 380 g/mol. The van der Waals surface area contributed by atoms with Crippen LogP contribution in [-0.2, 0) is 20.0 Å². The molecule has 0 unspecified atom stereocenters. The van der Waals surface area contributed by atoms with Crippen molar-refractivity contribution in [3.05, 3.63) is 54.6 Å². The van der Waals surface area contributed by atoms with E-state index in [9.17, 15) is 16.8 Å². The van der Waals surface area contributed by atoms with Crippen LogP contribution in [-0.4, -0.2) is 34.2 Å². The Labute approximate surface area is 148 Å². The van der Waals surface area contributed by atoms with Gasteiger partial charge in [0.2, 0.25) is 10.0 Å². The summed E-state index contributed by atoms with van der Waals surface area (Å²) in [5, 5.41) is 0. The van der Waals surface area contributed by atoms with Gasteiger partial charge in [-0.1, -0.05) is 24.6 Å². The third kappa shape index (κ3) is 4.02. The van der Waals surface area contributed by atoms with Crippen molar-refractivity contribution in [1.29, 1.82) is 0 Å². The van der Waals surface area contributed by atoms with Crippen LogP contribution in [0.2, 0.25) is 0 Å². The molecule has 6 nitrogen and oxygen atoms in total. The van der Waals surface area contributed by atoms with Crippen LogP contribution in [0.3, 0.4) is 0 Å². The molecular weight excluding hydrogens is 360 g/mol. The van der Waals surface area contributed by atoms with E-state index in [1.165, 1.54) is 40.7 Å². The van der Waals surface area contributed by atoms with Crippen molar-refractivity contribution in [3.63, 3.8) is 0 Å². The minimum atomic E-state index is -3.69. The van der Waals surface area contributed by atoms with Gasteiger partial charge >= 0.3 is 0 Å². The molecule has 134 valence electrons. The normalized spacial score (nSPS) is 16.5. The summed E-state index contributed by atoms with van der Waals surface area (Å²) >= 11 is 0. The van der Waals surface area contributed by atoms with Crippen LogP contribution in [0.5, 0.6) is 0 Å². The van der Waals surface area contributed by atoms with Gasteiger partial charge in [-0.2, -0.15) is 4.31 Å². The zero-order valence-electron chi connectivity index (χ0n) is 13.6. The van der Waals surface area contributed by atoms with Crippen molar-refractivity contribution >= 4 is 25.7 Å². The highest BCUT2D eigenvalue weighted by Gasteiger charge is 2.25. The molecule has 0 radical (unpaired) electrons. The van der Waals surface area contributed by atoms with Crippen LogP contribution in [0.4, 0.5) is 5.69 Å². The van der Waals surface area contributed by atoms with Crippen molar-refractivity contribution < 1.29 is 16.8 Å². The van der Waals surface area contributed by atoms with Crippen molar-refractivity contribution in [2.45, 2.75) is 29.1 Å². The molecule has 25 heavy (non-hydrogen) atoms. The van der Waals surface area contributed by atoms with E-state index in [0.717, 1.165) is 19.3 Å². The Hall–Kier alpha value is -1.90. The van der Waals surface area contributed by atoms with Crippen LogP contribution in [0, 0.1) is 0 Å². The first-order valence-electron chi connectivity index (χ1n) is 8.08. The van der Waals surface area contributed by atoms with Crippen LogP contribution in [0.25, 0.3) is 0 Å². The molecule has 1 heterocycles. The maximum atomic E-state index is 12.6. The van der Waals surface area contributed by atoms with Crippen molar-refractivity contribution in [1.82, 2.24) is 4.31 Å². The smallest absolute Gasteiger partial charge is 0.261 e. The molecule has 2 aromatic carbocycles. The molecular formula is C17H20N2O4S2. The molecule has 0 saturated carbocycles. The fraction of sp³-hybridized carbons (Fsp3) is 0.294. The van der Waals surface area contributed by atoms with E-state index in [-0.39, 0.29) is 9.79 Å². The maximum Gasteiger partial charge on any atom is 0.261 e. The second kappa shape index (κ2) is 7.15. The van der Waals surface area contributed by atoms with Gasteiger partial charge in [-0.15, -0.1) is 0 Å². The zero-order valence-corrected chi connectivity index (χ0v) is 15.3. The quantitative estimate of drug-likeness (QED) is 0.864. The molecule has 0 aromatic heterocycles. The number of benzene rings is 2. The fourth-order valence-corrected chi connectivity index (χ4v) is 5.36. The van der Waals surface area contributed by atoms with Crippen LogP contribution in [0.15, 0.2) is 64.4 Å². The third-order valence-corrected chi connectivity index (χ3v) is 7.42. The number of sulfonamides is 2. The van der Waals surface area contributed by atoms with Gasteiger partial charge in [0.1, 0.15) is 0 Å². The molecule has 0 bridgehead atoms. The number of anilines is 1. The van der Waals surface area contributed by atoms with Gasteiger partial charge in [0.15, 0.2) is 0 Å². The van der Waals surface area contributed by atoms with E-state index >= 15 is 0 Å².